The van der Waals surface area contributed by atoms with Crippen LogP contribution in [0.2, 0.25) is 5.02 Å². The van der Waals surface area contributed by atoms with E-state index < -0.39 is 23.8 Å². The Morgan fingerprint density at radius 3 is 2.61 bits per heavy atom. The number of ether oxygens (including phenoxy) is 2. The number of hydrogen-bond donors (Lipinski definition) is 3. The lowest BCUT2D eigenvalue weighted by molar-refractivity contribution is -0.155. The van der Waals surface area contributed by atoms with Crippen molar-refractivity contribution < 1.29 is 33.4 Å². The van der Waals surface area contributed by atoms with Crippen LogP contribution in [-0.4, -0.2) is 95.0 Å². The van der Waals surface area contributed by atoms with E-state index in [-0.39, 0.29) is 36.9 Å². The molecule has 3 N–H and O–H groups in total. The zero-order chi connectivity index (χ0) is 29.4. The largest absolute Gasteiger partial charge is 0.462 e. The van der Waals surface area contributed by atoms with E-state index in [4.69, 9.17) is 21.1 Å². The number of hydrogen-bond acceptors (Lipinski definition) is 9. The summed E-state index contributed by atoms with van der Waals surface area (Å²) in [4.78, 5) is 39.1. The first-order valence-electron chi connectivity index (χ1n) is 13.0. The SMILES string of the molecule is CC(=O)c1cc(C(=O)NN(Cc2ccc(-c3cc(Cl)ccc3F)cc2)C[C@@H](O)C(=O)OCCN2CCOCC2)[nH]n1. The minimum atomic E-state index is -1.56. The Balaban J connectivity index is 1.43. The number of Topliss-reactive ketones (excluding diaryl/α,β-unsaturated/α-hetero) is 1. The summed E-state index contributed by atoms with van der Waals surface area (Å²) in [7, 11) is 0. The molecule has 1 fully saturated rings. The lowest BCUT2D eigenvalue weighted by atomic mass is 10.0. The lowest BCUT2D eigenvalue weighted by Crippen LogP contribution is -2.48. The second kappa shape index (κ2) is 14.3. The number of carbonyl (C=O) groups is 3. The highest BCUT2D eigenvalue weighted by molar-refractivity contribution is 6.30. The predicted molar refractivity (Wildman–Crippen MR) is 148 cm³/mol. The molecule has 0 radical (unpaired) electrons. The molecule has 41 heavy (non-hydrogen) atoms. The van der Waals surface area contributed by atoms with Crippen LogP contribution in [0.3, 0.4) is 0 Å². The van der Waals surface area contributed by atoms with Gasteiger partial charge in [0.15, 0.2) is 11.9 Å². The van der Waals surface area contributed by atoms with Crippen molar-refractivity contribution in [3.05, 3.63) is 76.3 Å². The maximum atomic E-state index is 14.3. The number of morpholine rings is 1. The Labute approximate surface area is 241 Å². The second-order valence-corrected chi connectivity index (χ2v) is 9.94. The van der Waals surface area contributed by atoms with Gasteiger partial charge in [0.2, 0.25) is 0 Å². The summed E-state index contributed by atoms with van der Waals surface area (Å²) in [6.45, 7) is 4.44. The highest BCUT2D eigenvalue weighted by atomic mass is 35.5. The Morgan fingerprint density at radius 2 is 1.93 bits per heavy atom. The van der Waals surface area contributed by atoms with Crippen molar-refractivity contribution in [1.82, 2.24) is 25.5 Å². The van der Waals surface area contributed by atoms with E-state index in [1.165, 1.54) is 36.2 Å². The van der Waals surface area contributed by atoms with Crippen molar-refractivity contribution in [2.75, 3.05) is 46.0 Å². The number of carbonyl (C=O) groups excluding carboxylic acids is 3. The van der Waals surface area contributed by atoms with Crippen LogP contribution in [0.4, 0.5) is 4.39 Å². The summed E-state index contributed by atoms with van der Waals surface area (Å²) in [5.74, 6) is -2.19. The smallest absolute Gasteiger partial charge is 0.336 e. The van der Waals surface area contributed by atoms with Crippen molar-refractivity contribution >= 4 is 29.3 Å². The number of hydrazine groups is 1. The fourth-order valence-electron chi connectivity index (χ4n) is 4.18. The number of ketones is 1. The first kappa shape index (κ1) is 30.3. The quantitative estimate of drug-likeness (QED) is 0.166. The molecule has 2 aromatic carbocycles. The Bertz CT molecular complexity index is 1360. The van der Waals surface area contributed by atoms with E-state index in [0.29, 0.717) is 41.5 Å². The zero-order valence-corrected chi connectivity index (χ0v) is 23.2. The standard InChI is InChI=1S/C28H31ClFN5O6/c1-18(36)24-15-25(32-31-24)27(38)33-35(17-26(37)28(39)41-13-10-34-8-11-40-12-9-34)16-19-2-4-20(5-3-19)22-14-21(29)6-7-23(22)30/h2-7,14-15,26,37H,8-13,16-17H2,1H3,(H,31,32)(H,33,38)/t26-/m1/s1. The molecule has 1 amide bonds. The van der Waals surface area contributed by atoms with Gasteiger partial charge < -0.3 is 14.6 Å². The molecule has 1 aliphatic heterocycles. The highest BCUT2D eigenvalue weighted by Crippen LogP contribution is 2.26. The molecular weight excluding hydrogens is 557 g/mol. The van der Waals surface area contributed by atoms with Gasteiger partial charge in [-0.1, -0.05) is 35.9 Å². The minimum Gasteiger partial charge on any atom is -0.462 e. The van der Waals surface area contributed by atoms with Crippen LogP contribution in [0.25, 0.3) is 11.1 Å². The fourth-order valence-corrected chi connectivity index (χ4v) is 4.35. The van der Waals surface area contributed by atoms with E-state index in [1.54, 1.807) is 24.3 Å². The normalized spacial score (nSPS) is 14.6. The topological polar surface area (TPSA) is 137 Å². The summed E-state index contributed by atoms with van der Waals surface area (Å²) in [6, 6.07) is 12.4. The molecule has 218 valence electrons. The van der Waals surface area contributed by atoms with Crippen molar-refractivity contribution in [2.24, 2.45) is 0 Å². The minimum absolute atomic E-state index is 0.0227. The number of nitrogens with zero attached hydrogens (tertiary/aromatic N) is 3. The van der Waals surface area contributed by atoms with Gasteiger partial charge in [-0.2, -0.15) is 5.10 Å². The van der Waals surface area contributed by atoms with Gasteiger partial charge in [-0.15, -0.1) is 0 Å². The van der Waals surface area contributed by atoms with Gasteiger partial charge in [-0.25, -0.2) is 14.2 Å². The molecule has 0 saturated carbocycles. The van der Waals surface area contributed by atoms with Crippen LogP contribution in [-0.2, 0) is 20.8 Å². The van der Waals surface area contributed by atoms with Crippen molar-refractivity contribution in [2.45, 2.75) is 19.6 Å². The van der Waals surface area contributed by atoms with Gasteiger partial charge in [0.05, 0.1) is 19.8 Å². The van der Waals surface area contributed by atoms with Crippen LogP contribution in [0.1, 0.15) is 33.5 Å². The molecule has 11 nitrogen and oxygen atoms in total. The van der Waals surface area contributed by atoms with Crippen molar-refractivity contribution in [3.8, 4) is 11.1 Å². The van der Waals surface area contributed by atoms with E-state index in [2.05, 4.69) is 20.5 Å². The molecule has 1 aromatic heterocycles. The maximum Gasteiger partial charge on any atom is 0.336 e. The molecule has 1 aliphatic rings. The molecule has 13 heteroatoms. The summed E-state index contributed by atoms with van der Waals surface area (Å²) in [5, 5.41) is 18.7. The first-order chi connectivity index (χ1) is 19.7. The molecule has 0 spiro atoms. The van der Waals surface area contributed by atoms with Gasteiger partial charge in [0.25, 0.3) is 5.91 Å². The average molecular weight is 588 g/mol. The molecule has 0 unspecified atom stereocenters. The number of aromatic amines is 1. The number of aliphatic hydroxyl groups is 1. The van der Waals surface area contributed by atoms with Crippen LogP contribution in [0.15, 0.2) is 48.5 Å². The van der Waals surface area contributed by atoms with Crippen molar-refractivity contribution in [3.63, 3.8) is 0 Å². The van der Waals surface area contributed by atoms with Gasteiger partial charge in [0, 0.05) is 43.7 Å². The van der Waals surface area contributed by atoms with E-state index >= 15 is 0 Å². The van der Waals surface area contributed by atoms with Gasteiger partial charge >= 0.3 is 5.97 Å². The maximum absolute atomic E-state index is 14.3. The number of amides is 1. The third-order valence-electron chi connectivity index (χ3n) is 6.43. The molecule has 0 bridgehead atoms. The Morgan fingerprint density at radius 1 is 1.20 bits per heavy atom. The van der Waals surface area contributed by atoms with E-state index in [9.17, 15) is 23.9 Å². The van der Waals surface area contributed by atoms with Crippen LogP contribution < -0.4 is 5.43 Å². The molecule has 1 atom stereocenters. The number of benzene rings is 2. The molecular formula is C28H31ClFN5O6. The third-order valence-corrected chi connectivity index (χ3v) is 6.67. The summed E-state index contributed by atoms with van der Waals surface area (Å²) >= 11 is 6.02. The van der Waals surface area contributed by atoms with Crippen LogP contribution in [0.5, 0.6) is 0 Å². The summed E-state index contributed by atoms with van der Waals surface area (Å²) < 4.78 is 24.9. The summed E-state index contributed by atoms with van der Waals surface area (Å²) in [5.41, 5.74) is 4.38. The molecule has 4 rings (SSSR count). The molecule has 1 saturated heterocycles. The number of esters is 1. The van der Waals surface area contributed by atoms with E-state index in [0.717, 1.165) is 13.1 Å². The number of aliphatic hydroxyl groups excluding tert-OH is 1. The lowest BCUT2D eigenvalue weighted by Gasteiger charge is -2.27. The number of aromatic nitrogens is 2. The number of nitrogens with one attached hydrogen (secondary N) is 2. The van der Waals surface area contributed by atoms with Crippen LogP contribution >= 0.6 is 11.6 Å². The monoisotopic (exact) mass is 587 g/mol. The van der Waals surface area contributed by atoms with Gasteiger partial charge in [-0.05, 0) is 35.4 Å². The predicted octanol–water partition coefficient (Wildman–Crippen LogP) is 2.46. The average Bonchev–Trinajstić information content (AvgIpc) is 3.46. The Kier molecular flexibility index (Phi) is 10.6. The highest BCUT2D eigenvalue weighted by Gasteiger charge is 2.24. The number of halogens is 2. The number of rotatable bonds is 12. The zero-order valence-electron chi connectivity index (χ0n) is 22.4. The number of H-pyrrole nitrogens is 1. The van der Waals surface area contributed by atoms with Crippen LogP contribution in [0, 0.1) is 5.82 Å². The molecule has 0 aliphatic carbocycles. The summed E-state index contributed by atoms with van der Waals surface area (Å²) in [6.07, 6.45) is -1.56. The third kappa shape index (κ3) is 8.65. The molecule has 2 heterocycles. The van der Waals surface area contributed by atoms with Gasteiger partial charge in [-0.3, -0.25) is 25.0 Å². The van der Waals surface area contributed by atoms with Crippen molar-refractivity contribution in [1.29, 1.82) is 0 Å². The van der Waals surface area contributed by atoms with E-state index in [1.807, 2.05) is 0 Å². The van der Waals surface area contributed by atoms with Gasteiger partial charge in [0.1, 0.15) is 23.8 Å². The Hall–Kier alpha value is -3.68. The second-order valence-electron chi connectivity index (χ2n) is 9.50. The molecule has 3 aromatic rings. The fraction of sp³-hybridized carbons (Fsp3) is 0.357. The first-order valence-corrected chi connectivity index (χ1v) is 13.4.